The Morgan fingerprint density at radius 1 is 1.03 bits per heavy atom. The second-order valence-corrected chi connectivity index (χ2v) is 8.43. The molecule has 2 atom stereocenters. The van der Waals surface area contributed by atoms with Gasteiger partial charge in [-0.3, -0.25) is 4.79 Å². The Kier molecular flexibility index (Phi) is 4.91. The van der Waals surface area contributed by atoms with Gasteiger partial charge in [0.25, 0.3) is 0 Å². The first-order chi connectivity index (χ1) is 14.2. The molecule has 5 rings (SSSR count). The molecule has 3 aliphatic rings. The minimum Gasteiger partial charge on any atom is -0.454 e. The highest BCUT2D eigenvalue weighted by molar-refractivity contribution is 9.10. The van der Waals surface area contributed by atoms with Gasteiger partial charge in [0.1, 0.15) is 11.9 Å². The lowest BCUT2D eigenvalue weighted by atomic mass is 10.1. The molecule has 7 heteroatoms. The van der Waals surface area contributed by atoms with Gasteiger partial charge >= 0.3 is 0 Å². The van der Waals surface area contributed by atoms with Crippen LogP contribution in [-0.2, 0) is 4.79 Å². The molecule has 0 aliphatic carbocycles. The van der Waals surface area contributed by atoms with Crippen LogP contribution in [0.25, 0.3) is 0 Å². The molecule has 29 heavy (non-hydrogen) atoms. The molecule has 3 aliphatic heterocycles. The largest absolute Gasteiger partial charge is 0.454 e. The van der Waals surface area contributed by atoms with Crippen molar-refractivity contribution in [2.45, 2.75) is 31.3 Å². The van der Waals surface area contributed by atoms with E-state index in [0.29, 0.717) is 0 Å². The Balaban J connectivity index is 1.50. The average molecular weight is 456 g/mol. The van der Waals surface area contributed by atoms with Gasteiger partial charge in [0.05, 0.1) is 6.04 Å². The van der Waals surface area contributed by atoms with Gasteiger partial charge in [0.2, 0.25) is 12.7 Å². The highest BCUT2D eigenvalue weighted by Crippen LogP contribution is 2.40. The van der Waals surface area contributed by atoms with E-state index in [2.05, 4.69) is 31.9 Å². The number of aromatic nitrogens is 1. The lowest BCUT2D eigenvalue weighted by Crippen LogP contribution is -2.48. The first kappa shape index (κ1) is 18.5. The third-order valence-corrected chi connectivity index (χ3v) is 6.18. The number of carbonyl (C=O) groups is 1. The SMILES string of the molecule is O=C([C@H]1C=C[C@@H](c2ccc3c(c2)OCO3)N1c1ccc(Br)cn1)N1CCCCC1. The zero-order valence-electron chi connectivity index (χ0n) is 16.0. The van der Waals surface area contributed by atoms with Crippen LogP contribution in [0.1, 0.15) is 30.9 Å². The van der Waals surface area contributed by atoms with E-state index in [9.17, 15) is 4.79 Å². The average Bonchev–Trinajstić information content (AvgIpc) is 3.41. The molecule has 1 aromatic heterocycles. The first-order valence-electron chi connectivity index (χ1n) is 9.97. The third kappa shape index (κ3) is 3.48. The molecule has 0 saturated carbocycles. The first-order valence-corrected chi connectivity index (χ1v) is 10.8. The molecule has 0 radical (unpaired) electrons. The summed E-state index contributed by atoms with van der Waals surface area (Å²) in [4.78, 5) is 22.1. The summed E-state index contributed by atoms with van der Waals surface area (Å²) in [5, 5.41) is 0. The maximum absolute atomic E-state index is 13.4. The normalized spacial score (nSPS) is 22.9. The summed E-state index contributed by atoms with van der Waals surface area (Å²) in [6, 6.07) is 9.40. The highest BCUT2D eigenvalue weighted by atomic mass is 79.9. The molecular weight excluding hydrogens is 434 g/mol. The van der Waals surface area contributed by atoms with Crippen LogP contribution in [0.3, 0.4) is 0 Å². The summed E-state index contributed by atoms with van der Waals surface area (Å²) >= 11 is 3.45. The molecule has 1 saturated heterocycles. The van der Waals surface area contributed by atoms with Crippen molar-refractivity contribution in [3.8, 4) is 11.5 Å². The van der Waals surface area contributed by atoms with Crippen molar-refractivity contribution >= 4 is 27.7 Å². The van der Waals surface area contributed by atoms with Crippen molar-refractivity contribution in [3.63, 3.8) is 0 Å². The number of anilines is 1. The van der Waals surface area contributed by atoms with E-state index in [4.69, 9.17) is 9.47 Å². The van der Waals surface area contributed by atoms with Crippen LogP contribution in [0.4, 0.5) is 5.82 Å². The number of carbonyl (C=O) groups excluding carboxylic acids is 1. The molecular formula is C22H22BrN3O3. The van der Waals surface area contributed by atoms with E-state index < -0.39 is 0 Å². The predicted octanol–water partition coefficient (Wildman–Crippen LogP) is 4.07. The number of hydrogen-bond donors (Lipinski definition) is 0. The number of pyridine rings is 1. The molecule has 6 nitrogen and oxygen atoms in total. The van der Waals surface area contributed by atoms with E-state index >= 15 is 0 Å². The molecule has 0 spiro atoms. The van der Waals surface area contributed by atoms with Crippen LogP contribution in [0.5, 0.6) is 11.5 Å². The summed E-state index contributed by atoms with van der Waals surface area (Å²) in [6.07, 6.45) is 9.22. The standard InChI is InChI=1S/C22H22BrN3O3/c23-16-5-9-21(24-13-16)26-17(15-4-8-19-20(12-15)29-14-28-19)6-7-18(26)22(27)25-10-2-1-3-11-25/h4-9,12-13,17-18H,1-3,10-11,14H2/t17-,18+/m0/s1. The van der Waals surface area contributed by atoms with Crippen molar-refractivity contribution in [2.75, 3.05) is 24.8 Å². The predicted molar refractivity (Wildman–Crippen MR) is 113 cm³/mol. The summed E-state index contributed by atoms with van der Waals surface area (Å²) in [5.41, 5.74) is 1.05. The second-order valence-electron chi connectivity index (χ2n) is 7.52. The number of rotatable bonds is 3. The van der Waals surface area contributed by atoms with E-state index in [1.807, 2.05) is 41.3 Å². The van der Waals surface area contributed by atoms with Gasteiger partial charge < -0.3 is 19.3 Å². The third-order valence-electron chi connectivity index (χ3n) is 5.71. The molecule has 2 aromatic rings. The molecule has 0 N–H and O–H groups in total. The quantitative estimate of drug-likeness (QED) is 0.652. The number of benzene rings is 1. The van der Waals surface area contributed by atoms with Crippen molar-refractivity contribution in [2.24, 2.45) is 0 Å². The summed E-state index contributed by atoms with van der Waals surface area (Å²) in [5.74, 6) is 2.42. The van der Waals surface area contributed by atoms with Crippen LogP contribution in [0, 0.1) is 0 Å². The number of nitrogens with zero attached hydrogens (tertiary/aromatic N) is 3. The van der Waals surface area contributed by atoms with Crippen molar-refractivity contribution < 1.29 is 14.3 Å². The van der Waals surface area contributed by atoms with E-state index in [1.165, 1.54) is 6.42 Å². The fourth-order valence-electron chi connectivity index (χ4n) is 4.25. The zero-order chi connectivity index (χ0) is 19.8. The summed E-state index contributed by atoms with van der Waals surface area (Å²) in [6.45, 7) is 1.91. The van der Waals surface area contributed by atoms with E-state index in [0.717, 1.165) is 53.3 Å². The van der Waals surface area contributed by atoms with Gasteiger partial charge in [0, 0.05) is 23.8 Å². The Morgan fingerprint density at radius 2 is 1.86 bits per heavy atom. The number of likely N-dealkylation sites (tertiary alicyclic amines) is 1. The Bertz CT molecular complexity index is 941. The maximum Gasteiger partial charge on any atom is 0.249 e. The van der Waals surface area contributed by atoms with Crippen molar-refractivity contribution in [3.05, 3.63) is 58.7 Å². The van der Waals surface area contributed by atoms with Gasteiger partial charge in [0.15, 0.2) is 11.5 Å². The lowest BCUT2D eigenvalue weighted by Gasteiger charge is -2.35. The van der Waals surface area contributed by atoms with Crippen molar-refractivity contribution in [1.82, 2.24) is 9.88 Å². The molecule has 1 amide bonds. The minimum atomic E-state index is -0.364. The minimum absolute atomic E-state index is 0.100. The summed E-state index contributed by atoms with van der Waals surface area (Å²) < 4.78 is 11.9. The van der Waals surface area contributed by atoms with Gasteiger partial charge in [-0.15, -0.1) is 0 Å². The number of halogens is 1. The second kappa shape index (κ2) is 7.71. The number of piperidine rings is 1. The number of fused-ring (bicyclic) bond motifs is 1. The Morgan fingerprint density at radius 3 is 2.66 bits per heavy atom. The number of ether oxygens (including phenoxy) is 2. The fourth-order valence-corrected chi connectivity index (χ4v) is 4.48. The van der Waals surface area contributed by atoms with E-state index in [-0.39, 0.29) is 24.8 Å². The highest BCUT2D eigenvalue weighted by Gasteiger charge is 2.38. The van der Waals surface area contributed by atoms with Gasteiger partial charge in [-0.2, -0.15) is 0 Å². The van der Waals surface area contributed by atoms with Crippen LogP contribution in [0.15, 0.2) is 53.2 Å². The molecule has 0 bridgehead atoms. The summed E-state index contributed by atoms with van der Waals surface area (Å²) in [7, 11) is 0. The van der Waals surface area contributed by atoms with Crippen LogP contribution in [-0.4, -0.2) is 41.7 Å². The maximum atomic E-state index is 13.4. The Labute approximate surface area is 178 Å². The monoisotopic (exact) mass is 455 g/mol. The number of hydrogen-bond acceptors (Lipinski definition) is 5. The molecule has 150 valence electrons. The molecule has 1 aromatic carbocycles. The van der Waals surface area contributed by atoms with E-state index in [1.54, 1.807) is 6.20 Å². The lowest BCUT2D eigenvalue weighted by molar-refractivity contribution is -0.132. The smallest absolute Gasteiger partial charge is 0.249 e. The zero-order valence-corrected chi connectivity index (χ0v) is 17.5. The van der Waals surface area contributed by atoms with Gasteiger partial charge in [-0.05, 0) is 65.0 Å². The number of amides is 1. The fraction of sp³-hybridized carbons (Fsp3) is 0.364. The van der Waals surface area contributed by atoms with Crippen LogP contribution in [0.2, 0.25) is 0 Å². The van der Waals surface area contributed by atoms with Gasteiger partial charge in [-0.25, -0.2) is 4.98 Å². The molecule has 0 unspecified atom stereocenters. The topological polar surface area (TPSA) is 54.9 Å². The molecule has 4 heterocycles. The van der Waals surface area contributed by atoms with Crippen LogP contribution < -0.4 is 14.4 Å². The van der Waals surface area contributed by atoms with Crippen molar-refractivity contribution in [1.29, 1.82) is 0 Å². The van der Waals surface area contributed by atoms with Gasteiger partial charge in [-0.1, -0.05) is 18.2 Å². The molecule has 1 fully saturated rings. The van der Waals surface area contributed by atoms with Crippen LogP contribution >= 0.6 is 15.9 Å². The Hall–Kier alpha value is -2.54.